The molecule has 0 spiro atoms. The van der Waals surface area contributed by atoms with Crippen molar-refractivity contribution in [1.29, 1.82) is 0 Å². The third-order valence-corrected chi connectivity index (χ3v) is 6.89. The molecule has 53 heavy (non-hydrogen) atoms. The first-order valence-electron chi connectivity index (χ1n) is 15.7. The maximum atomic E-state index is 13.7. The van der Waals surface area contributed by atoms with Gasteiger partial charge in [-0.2, -0.15) is 22.0 Å². The molecule has 0 aliphatic rings. The fourth-order valence-electron chi connectivity index (χ4n) is 4.37. The number of nitrogens with one attached hydrogen (secondary N) is 5. The number of nitrogens with zero attached hydrogens (tertiary/aromatic N) is 1. The van der Waals surface area contributed by atoms with Crippen LogP contribution in [0.1, 0.15) is 35.4 Å². The van der Waals surface area contributed by atoms with E-state index in [0.29, 0.717) is 6.42 Å². The number of carbonyl (C=O) groups is 5. The normalized spacial score (nSPS) is 11.8. The molecule has 9 N–H and O–H groups in total. The minimum absolute atomic E-state index is 0.0956. The summed E-state index contributed by atoms with van der Waals surface area (Å²) in [5.74, 6) is -5.79. The van der Waals surface area contributed by atoms with Gasteiger partial charge in [0.05, 0.1) is 5.92 Å². The minimum atomic E-state index is -5.08. The van der Waals surface area contributed by atoms with Crippen molar-refractivity contribution in [2.24, 2.45) is 10.7 Å². The minimum Gasteiger partial charge on any atom is -0.508 e. The molecule has 14 nitrogen and oxygen atoms in total. The van der Waals surface area contributed by atoms with Crippen molar-refractivity contribution in [2.45, 2.75) is 43.9 Å². The van der Waals surface area contributed by atoms with Crippen molar-refractivity contribution in [2.75, 3.05) is 19.6 Å². The highest BCUT2D eigenvalue weighted by Crippen LogP contribution is 2.25. The van der Waals surface area contributed by atoms with Crippen LogP contribution in [0.3, 0.4) is 0 Å². The zero-order chi connectivity index (χ0) is 39.4. The maximum Gasteiger partial charge on any atom is 0.490 e. The second kappa shape index (κ2) is 21.8. The standard InChI is InChI=1S/C32H37F2N7O5.C2HF3O2/c33-27(34)30(45)36-18-19-38-32(46)41-31(35)37-17-7-12-25(28(43)39-20-21-13-15-24(42)16-14-21)40-29(44)26(22-8-3-1-4-9-22)23-10-5-2-6-11-23;3-2(4,5)1(6)7/h1-6,8-11,13-16,25-27,42H,7,12,17-20H2,(H,36,45)(H,39,43)(H,40,44)(H4,35,37,38,41,46);(H,6,7)/t25-;/m1./s1. The summed E-state index contributed by atoms with van der Waals surface area (Å²) in [6.07, 6.45) is -7.73. The number of phenolic OH excluding ortho intramolecular Hbond substituents is 1. The molecule has 0 fully saturated rings. The number of alkyl halides is 5. The van der Waals surface area contributed by atoms with Crippen LogP contribution in [0.15, 0.2) is 89.9 Å². The van der Waals surface area contributed by atoms with E-state index < -0.39 is 48.4 Å². The fraction of sp³-hybridized carbons (Fsp3) is 0.294. The molecule has 0 heterocycles. The van der Waals surface area contributed by atoms with E-state index in [1.165, 1.54) is 12.1 Å². The lowest BCUT2D eigenvalue weighted by Gasteiger charge is -2.23. The van der Waals surface area contributed by atoms with Gasteiger partial charge in [0.25, 0.3) is 5.91 Å². The highest BCUT2D eigenvalue weighted by molar-refractivity contribution is 5.95. The van der Waals surface area contributed by atoms with Gasteiger partial charge >= 0.3 is 24.6 Å². The van der Waals surface area contributed by atoms with Crippen molar-refractivity contribution in [3.05, 3.63) is 102 Å². The van der Waals surface area contributed by atoms with E-state index in [1.54, 1.807) is 12.1 Å². The van der Waals surface area contributed by atoms with E-state index >= 15 is 0 Å². The quantitative estimate of drug-likeness (QED) is 0.0498. The highest BCUT2D eigenvalue weighted by Gasteiger charge is 2.38. The number of hydrogen-bond acceptors (Lipinski definition) is 7. The number of carboxylic acids is 1. The summed E-state index contributed by atoms with van der Waals surface area (Å²) in [5.41, 5.74) is 8.02. The molecule has 19 heteroatoms. The number of benzene rings is 3. The van der Waals surface area contributed by atoms with Crippen LogP contribution >= 0.6 is 0 Å². The van der Waals surface area contributed by atoms with Crippen LogP contribution in [-0.2, 0) is 25.7 Å². The van der Waals surface area contributed by atoms with Crippen LogP contribution in [0, 0.1) is 0 Å². The summed E-state index contributed by atoms with van der Waals surface area (Å²) in [7, 11) is 0. The van der Waals surface area contributed by atoms with Gasteiger partial charge in [0, 0.05) is 26.2 Å². The topological polar surface area (TPSA) is 224 Å². The van der Waals surface area contributed by atoms with Gasteiger partial charge in [-0.25, -0.2) is 9.59 Å². The van der Waals surface area contributed by atoms with Crippen LogP contribution in [-0.4, -0.2) is 84.2 Å². The van der Waals surface area contributed by atoms with E-state index in [2.05, 4.69) is 26.3 Å². The third-order valence-electron chi connectivity index (χ3n) is 6.89. The van der Waals surface area contributed by atoms with Gasteiger partial charge in [0.1, 0.15) is 11.8 Å². The monoisotopic (exact) mass is 751 g/mol. The first-order valence-corrected chi connectivity index (χ1v) is 15.7. The summed E-state index contributed by atoms with van der Waals surface area (Å²) in [6, 6.07) is 23.1. The number of aliphatic carboxylic acids is 1. The average molecular weight is 752 g/mol. The van der Waals surface area contributed by atoms with E-state index in [4.69, 9.17) is 15.6 Å². The molecule has 3 rings (SSSR count). The number of aromatic hydroxyl groups is 1. The summed E-state index contributed by atoms with van der Waals surface area (Å²) in [5, 5.41) is 28.9. The van der Waals surface area contributed by atoms with E-state index in [0.717, 1.165) is 16.7 Å². The van der Waals surface area contributed by atoms with Gasteiger partial charge < -0.3 is 37.2 Å². The molecule has 0 radical (unpaired) electrons. The number of carboxylic acid groups (broad SMARTS) is 1. The average Bonchev–Trinajstić information content (AvgIpc) is 3.11. The fourth-order valence-corrected chi connectivity index (χ4v) is 4.37. The number of hydrogen-bond donors (Lipinski definition) is 8. The molecular formula is C34H38F5N7O7. The number of guanidine groups is 1. The van der Waals surface area contributed by atoms with Gasteiger partial charge in [-0.3, -0.25) is 24.7 Å². The second-order valence-electron chi connectivity index (χ2n) is 10.9. The Kier molecular flexibility index (Phi) is 17.7. The molecule has 0 saturated carbocycles. The molecule has 1 atom stereocenters. The van der Waals surface area contributed by atoms with E-state index in [1.807, 2.05) is 66.0 Å². The number of nitrogens with two attached hydrogens (primary N) is 1. The third kappa shape index (κ3) is 16.5. The Morgan fingerprint density at radius 2 is 1.28 bits per heavy atom. The lowest BCUT2D eigenvalue weighted by Crippen LogP contribution is -2.48. The van der Waals surface area contributed by atoms with Crippen LogP contribution in [0.25, 0.3) is 0 Å². The number of rotatable bonds is 15. The summed E-state index contributed by atoms with van der Waals surface area (Å²) in [4.78, 5) is 62.8. The Hall–Kier alpha value is -6.27. The van der Waals surface area contributed by atoms with Gasteiger partial charge in [-0.1, -0.05) is 72.8 Å². The highest BCUT2D eigenvalue weighted by atomic mass is 19.4. The number of halogens is 5. The Labute approximate surface area is 300 Å². The number of urea groups is 1. The Morgan fingerprint density at radius 1 is 0.755 bits per heavy atom. The van der Waals surface area contributed by atoms with Crippen molar-refractivity contribution < 1.29 is 56.1 Å². The second-order valence-corrected chi connectivity index (χ2v) is 10.9. The van der Waals surface area contributed by atoms with Crippen LogP contribution in [0.4, 0.5) is 26.7 Å². The molecule has 5 amide bonds. The molecular weight excluding hydrogens is 713 g/mol. The number of aliphatic imine (C=N–C) groups is 1. The predicted molar refractivity (Wildman–Crippen MR) is 182 cm³/mol. The van der Waals surface area contributed by atoms with Gasteiger partial charge in [0.2, 0.25) is 11.8 Å². The Bertz CT molecular complexity index is 1620. The number of amides is 5. The molecule has 0 saturated heterocycles. The predicted octanol–water partition coefficient (Wildman–Crippen LogP) is 2.73. The van der Waals surface area contributed by atoms with Crippen molar-refractivity contribution in [3.8, 4) is 5.75 Å². The van der Waals surface area contributed by atoms with Gasteiger partial charge in [-0.05, 0) is 41.7 Å². The van der Waals surface area contributed by atoms with Crippen LogP contribution < -0.4 is 32.3 Å². The van der Waals surface area contributed by atoms with Crippen molar-refractivity contribution in [1.82, 2.24) is 26.6 Å². The van der Waals surface area contributed by atoms with Crippen molar-refractivity contribution in [3.63, 3.8) is 0 Å². The first kappa shape index (κ1) is 42.9. The Balaban J connectivity index is 0.00000126. The van der Waals surface area contributed by atoms with Crippen LogP contribution in [0.2, 0.25) is 0 Å². The first-order chi connectivity index (χ1) is 25.1. The molecule has 0 aromatic heterocycles. The summed E-state index contributed by atoms with van der Waals surface area (Å²) in [6.45, 7) is -0.0483. The zero-order valence-electron chi connectivity index (χ0n) is 27.9. The van der Waals surface area contributed by atoms with Crippen LogP contribution in [0.5, 0.6) is 5.75 Å². The van der Waals surface area contributed by atoms with Crippen molar-refractivity contribution >= 4 is 35.7 Å². The summed E-state index contributed by atoms with van der Waals surface area (Å²) < 4.78 is 56.1. The molecule has 0 bridgehead atoms. The summed E-state index contributed by atoms with van der Waals surface area (Å²) >= 11 is 0. The van der Waals surface area contributed by atoms with Gasteiger partial charge in [-0.15, -0.1) is 0 Å². The van der Waals surface area contributed by atoms with E-state index in [-0.39, 0.29) is 50.2 Å². The molecule has 0 unspecified atom stereocenters. The number of carbonyl (C=O) groups excluding carboxylic acids is 4. The largest absolute Gasteiger partial charge is 0.508 e. The smallest absolute Gasteiger partial charge is 0.490 e. The molecule has 0 aliphatic carbocycles. The molecule has 3 aromatic rings. The lowest BCUT2D eigenvalue weighted by atomic mass is 9.90. The number of phenols is 1. The molecule has 0 aliphatic heterocycles. The maximum absolute atomic E-state index is 13.7. The van der Waals surface area contributed by atoms with Gasteiger partial charge in [0.15, 0.2) is 5.96 Å². The Morgan fingerprint density at radius 3 is 1.79 bits per heavy atom. The molecule has 3 aromatic carbocycles. The SMILES string of the molecule is NC(=NCCC[C@@H](NC(=O)C(c1ccccc1)c1ccccc1)C(=O)NCc1ccc(O)cc1)NC(=O)NCCNC(=O)C(F)F.O=C(O)C(F)(F)F. The molecule has 286 valence electrons. The lowest BCUT2D eigenvalue weighted by molar-refractivity contribution is -0.192. The zero-order valence-corrected chi connectivity index (χ0v) is 27.9. The van der Waals surface area contributed by atoms with E-state index in [9.17, 15) is 46.2 Å².